The van der Waals surface area contributed by atoms with Crippen molar-refractivity contribution in [1.82, 2.24) is 10.3 Å². The molecule has 0 unspecified atom stereocenters. The molecule has 0 amide bonds. The lowest BCUT2D eigenvalue weighted by Gasteiger charge is -2.00. The van der Waals surface area contributed by atoms with Crippen LogP contribution in [-0.4, -0.2) is 18.0 Å². The number of benzene rings is 1. The second-order valence-corrected chi connectivity index (χ2v) is 4.46. The lowest BCUT2D eigenvalue weighted by molar-refractivity contribution is 0.145. The molecule has 0 spiro atoms. The van der Waals surface area contributed by atoms with Gasteiger partial charge in [-0.1, -0.05) is 30.3 Å². The van der Waals surface area contributed by atoms with Crippen LogP contribution in [0.25, 0.3) is 11.3 Å². The van der Waals surface area contributed by atoms with E-state index in [1.54, 1.807) is 0 Å². The van der Waals surface area contributed by atoms with Crippen molar-refractivity contribution in [3.63, 3.8) is 0 Å². The topological polar surface area (TPSA) is 24.9 Å². The minimum Gasteiger partial charge on any atom is -0.305 e. The van der Waals surface area contributed by atoms with Crippen molar-refractivity contribution in [2.75, 3.05) is 6.54 Å². The quantitative estimate of drug-likeness (QED) is 0.886. The van der Waals surface area contributed by atoms with Crippen molar-refractivity contribution in [2.24, 2.45) is 0 Å². The number of hydrogen-bond acceptors (Lipinski definition) is 3. The van der Waals surface area contributed by atoms with Gasteiger partial charge in [-0.25, -0.2) is 13.8 Å². The molecule has 1 aromatic heterocycles. The van der Waals surface area contributed by atoms with Gasteiger partial charge in [-0.15, -0.1) is 11.3 Å². The molecule has 1 heterocycles. The smallest absolute Gasteiger partial charge is 0.250 e. The number of halogens is 2. The van der Waals surface area contributed by atoms with E-state index in [4.69, 9.17) is 0 Å². The maximum Gasteiger partial charge on any atom is 0.250 e. The first-order valence-electron chi connectivity index (χ1n) is 5.24. The van der Waals surface area contributed by atoms with E-state index in [2.05, 4.69) is 10.3 Å². The van der Waals surface area contributed by atoms with Crippen LogP contribution in [-0.2, 0) is 6.54 Å². The van der Waals surface area contributed by atoms with E-state index in [0.29, 0.717) is 6.54 Å². The van der Waals surface area contributed by atoms with Gasteiger partial charge in [-0.2, -0.15) is 0 Å². The maximum atomic E-state index is 11.9. The summed E-state index contributed by atoms with van der Waals surface area (Å²) in [6.45, 7) is 0.0993. The normalized spacial score (nSPS) is 11.0. The molecule has 17 heavy (non-hydrogen) atoms. The zero-order valence-electron chi connectivity index (χ0n) is 9.07. The molecule has 1 N–H and O–H groups in total. The zero-order chi connectivity index (χ0) is 12.1. The average Bonchev–Trinajstić information content (AvgIpc) is 2.78. The molecule has 0 aliphatic heterocycles. The lowest BCUT2D eigenvalue weighted by Crippen LogP contribution is -2.20. The summed E-state index contributed by atoms with van der Waals surface area (Å²) in [7, 11) is 0. The number of thiazole rings is 1. The summed E-state index contributed by atoms with van der Waals surface area (Å²) in [5, 5.41) is 5.43. The molecule has 90 valence electrons. The Balaban J connectivity index is 1.97. The molecule has 0 saturated heterocycles. The van der Waals surface area contributed by atoms with Gasteiger partial charge >= 0.3 is 0 Å². The fourth-order valence-corrected chi connectivity index (χ4v) is 2.19. The van der Waals surface area contributed by atoms with Crippen molar-refractivity contribution in [3.8, 4) is 11.3 Å². The fourth-order valence-electron chi connectivity index (χ4n) is 1.42. The molecule has 5 heteroatoms. The Hall–Kier alpha value is -1.33. The van der Waals surface area contributed by atoms with Crippen LogP contribution in [0.4, 0.5) is 8.78 Å². The van der Waals surface area contributed by atoms with Gasteiger partial charge in [-0.3, -0.25) is 0 Å². The van der Waals surface area contributed by atoms with Gasteiger partial charge in [0.15, 0.2) is 0 Å². The van der Waals surface area contributed by atoms with E-state index in [9.17, 15) is 8.78 Å². The molecule has 0 radical (unpaired) electrons. The summed E-state index contributed by atoms with van der Waals surface area (Å²) in [5.41, 5.74) is 1.94. The molecule has 0 aliphatic carbocycles. The summed E-state index contributed by atoms with van der Waals surface area (Å²) < 4.78 is 23.9. The van der Waals surface area contributed by atoms with Crippen molar-refractivity contribution in [2.45, 2.75) is 13.0 Å². The second-order valence-electron chi connectivity index (χ2n) is 3.51. The van der Waals surface area contributed by atoms with E-state index in [-0.39, 0.29) is 6.54 Å². The Morgan fingerprint density at radius 1 is 1.24 bits per heavy atom. The van der Waals surface area contributed by atoms with Crippen LogP contribution in [0.1, 0.15) is 5.01 Å². The summed E-state index contributed by atoms with van der Waals surface area (Å²) in [6, 6.07) is 9.80. The Kier molecular flexibility index (Phi) is 4.17. The minimum atomic E-state index is -2.32. The number of rotatable bonds is 5. The van der Waals surface area contributed by atoms with Crippen LogP contribution in [0, 0.1) is 0 Å². The predicted molar refractivity (Wildman–Crippen MR) is 65.3 cm³/mol. The van der Waals surface area contributed by atoms with Gasteiger partial charge in [0, 0.05) is 17.5 Å². The largest absolute Gasteiger partial charge is 0.305 e. The number of hydrogen-bond donors (Lipinski definition) is 1. The van der Waals surface area contributed by atoms with Crippen molar-refractivity contribution >= 4 is 11.3 Å². The average molecular weight is 254 g/mol. The monoisotopic (exact) mass is 254 g/mol. The van der Waals surface area contributed by atoms with Crippen molar-refractivity contribution < 1.29 is 8.78 Å². The van der Waals surface area contributed by atoms with E-state index < -0.39 is 6.43 Å². The molecule has 2 aromatic rings. The first-order valence-corrected chi connectivity index (χ1v) is 6.12. The van der Waals surface area contributed by atoms with Crippen LogP contribution < -0.4 is 5.32 Å². The highest BCUT2D eigenvalue weighted by Crippen LogP contribution is 2.21. The summed E-state index contributed by atoms with van der Waals surface area (Å²) in [4.78, 5) is 4.39. The Labute approximate surface area is 102 Å². The van der Waals surface area contributed by atoms with E-state index >= 15 is 0 Å². The van der Waals surface area contributed by atoms with E-state index in [1.165, 1.54) is 11.3 Å². The molecular formula is C12H12F2N2S. The van der Waals surface area contributed by atoms with Gasteiger partial charge in [0.25, 0.3) is 6.43 Å². The number of alkyl halides is 2. The first kappa shape index (κ1) is 12.1. The van der Waals surface area contributed by atoms with Crippen LogP contribution in [0.15, 0.2) is 35.7 Å². The summed E-state index contributed by atoms with van der Waals surface area (Å²) in [6.07, 6.45) is -2.32. The van der Waals surface area contributed by atoms with Crippen LogP contribution in [0.5, 0.6) is 0 Å². The Morgan fingerprint density at radius 2 is 2.00 bits per heavy atom. The Bertz CT molecular complexity index is 457. The highest BCUT2D eigenvalue weighted by atomic mass is 32.1. The van der Waals surface area contributed by atoms with E-state index in [1.807, 2.05) is 35.7 Å². The van der Waals surface area contributed by atoms with Gasteiger partial charge in [0.1, 0.15) is 5.01 Å². The second kappa shape index (κ2) is 5.84. The molecule has 1 aromatic carbocycles. The SMILES string of the molecule is FC(F)CNCc1nc(-c2ccccc2)cs1. The van der Waals surface area contributed by atoms with Crippen LogP contribution in [0.3, 0.4) is 0 Å². The molecular weight excluding hydrogens is 242 g/mol. The molecule has 0 atom stereocenters. The number of nitrogens with zero attached hydrogens (tertiary/aromatic N) is 1. The van der Waals surface area contributed by atoms with Crippen molar-refractivity contribution in [3.05, 3.63) is 40.7 Å². The molecule has 2 nitrogen and oxygen atoms in total. The third kappa shape index (κ3) is 3.57. The third-order valence-corrected chi connectivity index (χ3v) is 3.04. The lowest BCUT2D eigenvalue weighted by atomic mass is 10.2. The highest BCUT2D eigenvalue weighted by Gasteiger charge is 2.05. The Morgan fingerprint density at radius 3 is 2.71 bits per heavy atom. The molecule has 0 saturated carbocycles. The third-order valence-electron chi connectivity index (χ3n) is 2.20. The molecule has 0 fully saturated rings. The highest BCUT2D eigenvalue weighted by molar-refractivity contribution is 7.09. The van der Waals surface area contributed by atoms with E-state index in [0.717, 1.165) is 16.3 Å². The molecule has 2 rings (SSSR count). The van der Waals surface area contributed by atoms with Gasteiger partial charge in [-0.05, 0) is 0 Å². The maximum absolute atomic E-state index is 11.9. The van der Waals surface area contributed by atoms with Gasteiger partial charge in [0.2, 0.25) is 0 Å². The zero-order valence-corrected chi connectivity index (χ0v) is 9.88. The van der Waals surface area contributed by atoms with Gasteiger partial charge < -0.3 is 5.32 Å². The van der Waals surface area contributed by atoms with Crippen LogP contribution >= 0.6 is 11.3 Å². The van der Waals surface area contributed by atoms with Crippen LogP contribution in [0.2, 0.25) is 0 Å². The predicted octanol–water partition coefficient (Wildman–Crippen LogP) is 3.16. The number of aromatic nitrogens is 1. The standard InChI is InChI=1S/C12H12F2N2S/c13-11(14)6-15-7-12-16-10(8-17-12)9-4-2-1-3-5-9/h1-5,8,11,15H,6-7H2. The van der Waals surface area contributed by atoms with Gasteiger partial charge in [0.05, 0.1) is 12.2 Å². The first-order chi connectivity index (χ1) is 8.25. The minimum absolute atomic E-state index is 0.291. The van der Waals surface area contributed by atoms with Crippen molar-refractivity contribution in [1.29, 1.82) is 0 Å². The molecule has 0 bridgehead atoms. The summed E-state index contributed by atoms with van der Waals surface area (Å²) >= 11 is 1.48. The molecule has 0 aliphatic rings. The number of nitrogens with one attached hydrogen (secondary N) is 1. The summed E-state index contributed by atoms with van der Waals surface area (Å²) in [5.74, 6) is 0. The fraction of sp³-hybridized carbons (Fsp3) is 0.250.